The first-order valence-corrected chi connectivity index (χ1v) is 8.01. The molecule has 1 saturated carbocycles. The van der Waals surface area contributed by atoms with Crippen molar-refractivity contribution >= 4 is 11.8 Å². The van der Waals surface area contributed by atoms with Gasteiger partial charge in [0.1, 0.15) is 0 Å². The lowest BCUT2D eigenvalue weighted by molar-refractivity contribution is -0.123. The monoisotopic (exact) mass is 281 g/mol. The van der Waals surface area contributed by atoms with Gasteiger partial charge >= 0.3 is 0 Å². The summed E-state index contributed by atoms with van der Waals surface area (Å²) in [5.41, 5.74) is 0. The Morgan fingerprint density at radius 1 is 1.15 bits per heavy atom. The fourth-order valence-electron chi connectivity index (χ4n) is 3.30. The molecule has 3 N–H and O–H groups in total. The number of hydrogen-bond donors (Lipinski definition) is 3. The summed E-state index contributed by atoms with van der Waals surface area (Å²) in [5.74, 6) is 0.746. The van der Waals surface area contributed by atoms with Crippen LogP contribution in [0.2, 0.25) is 0 Å². The maximum Gasteiger partial charge on any atom is 0.237 e. The number of hydrogen-bond acceptors (Lipinski definition) is 3. The molecule has 0 bridgehead atoms. The molecule has 20 heavy (non-hydrogen) atoms. The highest BCUT2D eigenvalue weighted by molar-refractivity contribution is 5.83. The minimum Gasteiger partial charge on any atom is -0.356 e. The Bertz CT molecular complexity index is 332. The molecule has 0 aromatic heterocycles. The lowest BCUT2D eigenvalue weighted by Gasteiger charge is -2.24. The van der Waals surface area contributed by atoms with E-state index in [4.69, 9.17) is 0 Å². The zero-order chi connectivity index (χ0) is 14.4. The highest BCUT2D eigenvalue weighted by Crippen LogP contribution is 2.33. The van der Waals surface area contributed by atoms with Crippen molar-refractivity contribution in [2.75, 3.05) is 13.1 Å². The van der Waals surface area contributed by atoms with Crippen molar-refractivity contribution in [3.05, 3.63) is 0 Å². The van der Waals surface area contributed by atoms with Crippen LogP contribution in [0.15, 0.2) is 0 Å². The standard InChI is InChI=1S/C15H27N3O2/c1-2-8-16-14(19)7-9-17-15(20)13-10-11-5-3-4-6-12(11)18-13/h11-13,18H,2-10H2,1H3,(H,16,19)(H,17,20). The third-order valence-corrected chi connectivity index (χ3v) is 4.40. The Kier molecular flexibility index (Phi) is 5.83. The van der Waals surface area contributed by atoms with Gasteiger partial charge in [-0.2, -0.15) is 0 Å². The fraction of sp³-hybridized carbons (Fsp3) is 0.867. The molecule has 0 spiro atoms. The maximum absolute atomic E-state index is 12.1. The molecule has 5 nitrogen and oxygen atoms in total. The molecule has 3 unspecified atom stereocenters. The summed E-state index contributed by atoms with van der Waals surface area (Å²) in [6.45, 7) is 3.16. The predicted octanol–water partition coefficient (Wildman–Crippen LogP) is 0.940. The topological polar surface area (TPSA) is 70.2 Å². The van der Waals surface area contributed by atoms with Gasteiger partial charge in [0, 0.05) is 25.6 Å². The van der Waals surface area contributed by atoms with E-state index >= 15 is 0 Å². The van der Waals surface area contributed by atoms with Gasteiger partial charge in [-0.3, -0.25) is 9.59 Å². The first-order chi connectivity index (χ1) is 9.70. The summed E-state index contributed by atoms with van der Waals surface area (Å²) in [6.07, 6.45) is 7.29. The molecule has 5 heteroatoms. The van der Waals surface area contributed by atoms with Crippen molar-refractivity contribution in [3.8, 4) is 0 Å². The summed E-state index contributed by atoms with van der Waals surface area (Å²) in [5, 5.41) is 9.14. The van der Waals surface area contributed by atoms with E-state index in [9.17, 15) is 9.59 Å². The smallest absolute Gasteiger partial charge is 0.237 e. The van der Waals surface area contributed by atoms with Crippen molar-refractivity contribution in [3.63, 3.8) is 0 Å². The molecule has 2 aliphatic rings. The minimum atomic E-state index is -0.0539. The number of fused-ring (bicyclic) bond motifs is 1. The van der Waals surface area contributed by atoms with Gasteiger partial charge < -0.3 is 16.0 Å². The van der Waals surface area contributed by atoms with E-state index in [0.29, 0.717) is 31.5 Å². The second-order valence-corrected chi connectivity index (χ2v) is 6.00. The summed E-state index contributed by atoms with van der Waals surface area (Å²) < 4.78 is 0. The van der Waals surface area contributed by atoms with Gasteiger partial charge in [-0.25, -0.2) is 0 Å². The van der Waals surface area contributed by atoms with Crippen molar-refractivity contribution < 1.29 is 9.59 Å². The molecule has 3 atom stereocenters. The van der Waals surface area contributed by atoms with Crippen molar-refractivity contribution in [2.45, 2.75) is 64.0 Å². The molecule has 0 radical (unpaired) electrons. The number of carbonyl (C=O) groups is 2. The zero-order valence-electron chi connectivity index (χ0n) is 12.4. The van der Waals surface area contributed by atoms with Crippen LogP contribution in [-0.2, 0) is 9.59 Å². The van der Waals surface area contributed by atoms with E-state index in [1.807, 2.05) is 6.92 Å². The molecule has 1 saturated heterocycles. The van der Waals surface area contributed by atoms with Gasteiger partial charge in [-0.15, -0.1) is 0 Å². The van der Waals surface area contributed by atoms with Crippen LogP contribution in [0.3, 0.4) is 0 Å². The second kappa shape index (κ2) is 7.62. The molecule has 2 fully saturated rings. The fourth-order valence-corrected chi connectivity index (χ4v) is 3.30. The normalized spacial score (nSPS) is 28.8. The summed E-state index contributed by atoms with van der Waals surface area (Å²) in [6, 6.07) is 0.481. The van der Waals surface area contributed by atoms with Gasteiger partial charge in [0.05, 0.1) is 6.04 Å². The van der Waals surface area contributed by atoms with E-state index < -0.39 is 0 Å². The number of amides is 2. The quantitative estimate of drug-likeness (QED) is 0.678. The molecule has 2 rings (SSSR count). The van der Waals surface area contributed by atoms with E-state index in [1.54, 1.807) is 0 Å². The predicted molar refractivity (Wildman–Crippen MR) is 78.2 cm³/mol. The van der Waals surface area contributed by atoms with Gasteiger partial charge in [0.25, 0.3) is 0 Å². The van der Waals surface area contributed by atoms with E-state index in [2.05, 4.69) is 16.0 Å². The average Bonchev–Trinajstić information content (AvgIpc) is 2.89. The number of nitrogens with one attached hydrogen (secondary N) is 3. The van der Waals surface area contributed by atoms with Crippen molar-refractivity contribution in [2.24, 2.45) is 5.92 Å². The SMILES string of the molecule is CCCNC(=O)CCNC(=O)C1CC2CCCCC2N1. The average molecular weight is 281 g/mol. The van der Waals surface area contributed by atoms with Crippen molar-refractivity contribution in [1.82, 2.24) is 16.0 Å². The van der Waals surface area contributed by atoms with E-state index in [1.165, 1.54) is 25.7 Å². The van der Waals surface area contributed by atoms with Crippen LogP contribution in [0.25, 0.3) is 0 Å². The van der Waals surface area contributed by atoms with Gasteiger partial charge in [-0.1, -0.05) is 19.8 Å². The third kappa shape index (κ3) is 4.20. The highest BCUT2D eigenvalue weighted by atomic mass is 16.2. The lowest BCUT2D eigenvalue weighted by atomic mass is 9.85. The van der Waals surface area contributed by atoms with E-state index in [-0.39, 0.29) is 17.9 Å². The van der Waals surface area contributed by atoms with Crippen LogP contribution < -0.4 is 16.0 Å². The molecular formula is C15H27N3O2. The molecule has 1 aliphatic carbocycles. The first kappa shape index (κ1) is 15.3. The summed E-state index contributed by atoms with van der Waals surface area (Å²) in [7, 11) is 0. The number of rotatable bonds is 6. The van der Waals surface area contributed by atoms with Crippen LogP contribution in [-0.4, -0.2) is 37.0 Å². The van der Waals surface area contributed by atoms with Gasteiger partial charge in [0.15, 0.2) is 0 Å². The van der Waals surface area contributed by atoms with Gasteiger partial charge in [-0.05, 0) is 31.6 Å². The van der Waals surface area contributed by atoms with Gasteiger partial charge in [0.2, 0.25) is 11.8 Å². The summed E-state index contributed by atoms with van der Waals surface area (Å²) in [4.78, 5) is 23.5. The lowest BCUT2D eigenvalue weighted by Crippen LogP contribution is -2.44. The Morgan fingerprint density at radius 2 is 1.95 bits per heavy atom. The Hall–Kier alpha value is -1.10. The van der Waals surface area contributed by atoms with Crippen LogP contribution >= 0.6 is 0 Å². The van der Waals surface area contributed by atoms with Crippen molar-refractivity contribution in [1.29, 1.82) is 0 Å². The maximum atomic E-state index is 12.1. The minimum absolute atomic E-state index is 0.0141. The van der Waals surface area contributed by atoms with Crippen LogP contribution in [0.1, 0.15) is 51.9 Å². The van der Waals surface area contributed by atoms with Crippen LogP contribution in [0.5, 0.6) is 0 Å². The van der Waals surface area contributed by atoms with Crippen LogP contribution in [0.4, 0.5) is 0 Å². The molecule has 0 aromatic carbocycles. The molecule has 114 valence electrons. The van der Waals surface area contributed by atoms with E-state index in [0.717, 1.165) is 12.8 Å². The first-order valence-electron chi connectivity index (χ1n) is 8.01. The zero-order valence-corrected chi connectivity index (χ0v) is 12.4. The Balaban J connectivity index is 1.64. The summed E-state index contributed by atoms with van der Waals surface area (Å²) >= 11 is 0. The highest BCUT2D eigenvalue weighted by Gasteiger charge is 2.37. The second-order valence-electron chi connectivity index (χ2n) is 6.00. The molecule has 1 aliphatic heterocycles. The molecule has 2 amide bonds. The molecular weight excluding hydrogens is 254 g/mol. The molecule has 1 heterocycles. The Morgan fingerprint density at radius 3 is 2.70 bits per heavy atom. The largest absolute Gasteiger partial charge is 0.356 e. The molecule has 0 aromatic rings. The number of carbonyl (C=O) groups excluding carboxylic acids is 2. The van der Waals surface area contributed by atoms with Crippen LogP contribution in [0, 0.1) is 5.92 Å². The Labute approximate surface area is 121 Å². The third-order valence-electron chi connectivity index (χ3n) is 4.40.